The van der Waals surface area contributed by atoms with E-state index in [1.807, 2.05) is 0 Å². The number of ketones is 1. The predicted octanol–water partition coefficient (Wildman–Crippen LogP) is 1.34. The molecule has 6 heteroatoms. The largest absolute Gasteiger partial charge is 0.450 e. The highest BCUT2D eigenvalue weighted by atomic mass is 35.5. The zero-order valence-corrected chi connectivity index (χ0v) is 10.7. The third kappa shape index (κ3) is 3.85. The van der Waals surface area contributed by atoms with Crippen LogP contribution in [-0.2, 0) is 14.3 Å². The molecule has 0 radical (unpaired) electrons. The lowest BCUT2D eigenvalue weighted by Crippen LogP contribution is -2.47. The van der Waals surface area contributed by atoms with Gasteiger partial charge in [-0.05, 0) is 19.8 Å². The molecule has 0 spiro atoms. The van der Waals surface area contributed by atoms with Gasteiger partial charge in [0.1, 0.15) is 0 Å². The lowest BCUT2D eigenvalue weighted by Gasteiger charge is -2.35. The van der Waals surface area contributed by atoms with Crippen LogP contribution in [0.2, 0.25) is 0 Å². The molecule has 1 aliphatic heterocycles. The molecule has 1 heterocycles. The average Bonchev–Trinajstić information content (AvgIpc) is 2.37. The van der Waals surface area contributed by atoms with Crippen LogP contribution in [0.15, 0.2) is 0 Å². The van der Waals surface area contributed by atoms with Crippen LogP contribution in [0.1, 0.15) is 19.8 Å². The Bertz CT molecular complexity index is 277. The molecule has 0 aromatic carbocycles. The van der Waals surface area contributed by atoms with Gasteiger partial charge in [0.2, 0.25) is 0 Å². The topological polar surface area (TPSA) is 64.6 Å². The fourth-order valence-corrected chi connectivity index (χ4v) is 2.17. The lowest BCUT2D eigenvalue weighted by atomic mass is 9.77. The van der Waals surface area contributed by atoms with Crippen molar-refractivity contribution >= 4 is 23.5 Å². The Hall–Kier alpha value is -0.810. The molecule has 1 aliphatic rings. The molecule has 1 saturated heterocycles. The monoisotopic (exact) mass is 263 g/mol. The number of halogens is 1. The first-order valence-corrected chi connectivity index (χ1v) is 6.26. The predicted molar refractivity (Wildman–Crippen MR) is 63.2 cm³/mol. The summed E-state index contributed by atoms with van der Waals surface area (Å²) in [5, 5.41) is 2.61. The minimum absolute atomic E-state index is 0.0372. The number of rotatable bonds is 5. The van der Waals surface area contributed by atoms with E-state index in [4.69, 9.17) is 21.1 Å². The van der Waals surface area contributed by atoms with E-state index in [9.17, 15) is 9.59 Å². The molecule has 1 amide bonds. The molecule has 0 aliphatic carbocycles. The molecule has 0 bridgehead atoms. The van der Waals surface area contributed by atoms with Gasteiger partial charge >= 0.3 is 6.09 Å². The van der Waals surface area contributed by atoms with Crippen LogP contribution in [0.25, 0.3) is 0 Å². The molecular weight excluding hydrogens is 246 g/mol. The van der Waals surface area contributed by atoms with Crippen LogP contribution in [-0.4, -0.2) is 44.1 Å². The number of hydrogen-bond donors (Lipinski definition) is 1. The van der Waals surface area contributed by atoms with E-state index >= 15 is 0 Å². The van der Waals surface area contributed by atoms with Gasteiger partial charge in [-0.25, -0.2) is 4.79 Å². The van der Waals surface area contributed by atoms with Crippen molar-refractivity contribution in [3.63, 3.8) is 0 Å². The van der Waals surface area contributed by atoms with Crippen molar-refractivity contribution in [3.8, 4) is 0 Å². The first-order chi connectivity index (χ1) is 8.14. The summed E-state index contributed by atoms with van der Waals surface area (Å²) >= 11 is 5.62. The second-order valence-corrected chi connectivity index (χ2v) is 4.29. The normalized spacial score (nSPS) is 18.5. The molecule has 17 heavy (non-hydrogen) atoms. The molecule has 1 rings (SSSR count). The first kappa shape index (κ1) is 14.3. The molecule has 0 atom stereocenters. The van der Waals surface area contributed by atoms with Gasteiger partial charge in [0.05, 0.1) is 17.9 Å². The smallest absolute Gasteiger partial charge is 0.407 e. The van der Waals surface area contributed by atoms with E-state index in [2.05, 4.69) is 5.32 Å². The van der Waals surface area contributed by atoms with Crippen molar-refractivity contribution in [2.24, 2.45) is 5.41 Å². The van der Waals surface area contributed by atoms with Crippen molar-refractivity contribution in [2.75, 3.05) is 32.2 Å². The van der Waals surface area contributed by atoms with Crippen LogP contribution < -0.4 is 5.32 Å². The number of carbonyl (C=O) groups excluding carboxylic acids is 2. The van der Waals surface area contributed by atoms with Crippen molar-refractivity contribution in [1.29, 1.82) is 0 Å². The van der Waals surface area contributed by atoms with Crippen LogP contribution in [0.4, 0.5) is 4.79 Å². The Kier molecular flexibility index (Phi) is 5.71. The Morgan fingerprint density at radius 1 is 1.41 bits per heavy atom. The Labute approximate surface area is 106 Å². The van der Waals surface area contributed by atoms with Gasteiger partial charge < -0.3 is 14.8 Å². The van der Waals surface area contributed by atoms with Gasteiger partial charge in [-0.3, -0.25) is 4.79 Å². The molecule has 5 nitrogen and oxygen atoms in total. The molecule has 0 aromatic heterocycles. The van der Waals surface area contributed by atoms with E-state index in [1.54, 1.807) is 6.92 Å². The summed E-state index contributed by atoms with van der Waals surface area (Å²) in [5.74, 6) is -0.0795. The summed E-state index contributed by atoms with van der Waals surface area (Å²) < 4.78 is 10.0. The molecule has 0 unspecified atom stereocenters. The van der Waals surface area contributed by atoms with Gasteiger partial charge in [0.25, 0.3) is 0 Å². The maximum atomic E-state index is 11.9. The van der Waals surface area contributed by atoms with Gasteiger partial charge in [-0.1, -0.05) is 0 Å². The fourth-order valence-electron chi connectivity index (χ4n) is 1.88. The van der Waals surface area contributed by atoms with E-state index in [-0.39, 0.29) is 18.2 Å². The highest BCUT2D eigenvalue weighted by Gasteiger charge is 2.39. The summed E-state index contributed by atoms with van der Waals surface area (Å²) in [7, 11) is 0. The van der Waals surface area contributed by atoms with Crippen LogP contribution in [0.3, 0.4) is 0 Å². The van der Waals surface area contributed by atoms with Crippen LogP contribution in [0.5, 0.6) is 0 Å². The average molecular weight is 264 g/mol. The highest BCUT2D eigenvalue weighted by Crippen LogP contribution is 2.31. The highest BCUT2D eigenvalue weighted by molar-refractivity contribution is 6.28. The summed E-state index contributed by atoms with van der Waals surface area (Å²) in [6.07, 6.45) is 0.677. The number of nitrogens with one attached hydrogen (secondary N) is 1. The van der Waals surface area contributed by atoms with Crippen LogP contribution >= 0.6 is 11.6 Å². The van der Waals surface area contributed by atoms with Gasteiger partial charge in [0.15, 0.2) is 5.78 Å². The third-order valence-corrected chi connectivity index (χ3v) is 3.25. The van der Waals surface area contributed by atoms with Crippen molar-refractivity contribution in [2.45, 2.75) is 19.8 Å². The lowest BCUT2D eigenvalue weighted by molar-refractivity contribution is -0.131. The number of ether oxygens (including phenoxy) is 2. The van der Waals surface area contributed by atoms with E-state index < -0.39 is 11.5 Å². The Balaban J connectivity index is 2.57. The minimum Gasteiger partial charge on any atom is -0.450 e. The number of hydrogen-bond acceptors (Lipinski definition) is 4. The number of alkyl halides is 1. The van der Waals surface area contributed by atoms with Gasteiger partial charge in [-0.2, -0.15) is 0 Å². The molecule has 1 fully saturated rings. The second-order valence-electron chi connectivity index (χ2n) is 4.02. The summed E-state index contributed by atoms with van der Waals surface area (Å²) in [6.45, 7) is 3.35. The van der Waals surface area contributed by atoms with Crippen LogP contribution in [0, 0.1) is 5.41 Å². The molecule has 0 aromatic rings. The zero-order chi connectivity index (χ0) is 12.7. The van der Waals surface area contributed by atoms with Crippen molar-refractivity contribution in [3.05, 3.63) is 0 Å². The van der Waals surface area contributed by atoms with E-state index in [0.717, 1.165) is 0 Å². The number of carbonyl (C=O) groups is 2. The zero-order valence-electron chi connectivity index (χ0n) is 9.96. The Morgan fingerprint density at radius 3 is 2.59 bits per heavy atom. The Morgan fingerprint density at radius 2 is 2.06 bits per heavy atom. The molecule has 0 saturated carbocycles. The van der Waals surface area contributed by atoms with Crippen molar-refractivity contribution in [1.82, 2.24) is 5.32 Å². The summed E-state index contributed by atoms with van der Waals surface area (Å²) in [5.41, 5.74) is -0.591. The minimum atomic E-state index is -0.591. The standard InChI is InChI=1S/C11H18ClNO4/c1-2-17-10(15)13-8-11(9(14)7-12)3-5-16-6-4-11/h2-8H2,1H3,(H,13,15). The maximum absolute atomic E-state index is 11.9. The van der Waals surface area contributed by atoms with E-state index in [0.29, 0.717) is 32.7 Å². The molecule has 98 valence electrons. The maximum Gasteiger partial charge on any atom is 0.407 e. The quantitative estimate of drug-likeness (QED) is 0.760. The van der Waals surface area contributed by atoms with Gasteiger partial charge in [-0.15, -0.1) is 11.6 Å². The third-order valence-electron chi connectivity index (χ3n) is 3.01. The summed E-state index contributed by atoms with van der Waals surface area (Å²) in [4.78, 5) is 23.1. The second kappa shape index (κ2) is 6.81. The number of alkyl carbamates (subject to hydrolysis) is 1. The number of Topliss-reactive ketones (excluding diaryl/α,β-unsaturated/α-hetero) is 1. The van der Waals surface area contributed by atoms with Crippen molar-refractivity contribution < 1.29 is 19.1 Å². The SMILES string of the molecule is CCOC(=O)NCC1(C(=O)CCl)CCOCC1. The fraction of sp³-hybridized carbons (Fsp3) is 0.818. The van der Waals surface area contributed by atoms with Gasteiger partial charge in [0, 0.05) is 19.8 Å². The van der Waals surface area contributed by atoms with E-state index in [1.165, 1.54) is 0 Å². The molecular formula is C11H18ClNO4. The number of amides is 1. The molecule has 1 N–H and O–H groups in total. The summed E-state index contributed by atoms with van der Waals surface area (Å²) in [6, 6.07) is 0. The first-order valence-electron chi connectivity index (χ1n) is 5.72.